The third-order valence-electron chi connectivity index (χ3n) is 2.11. The minimum atomic E-state index is -0.772. The van der Waals surface area contributed by atoms with Crippen molar-refractivity contribution in [3.8, 4) is 0 Å². The lowest BCUT2D eigenvalue weighted by atomic mass is 10.4. The van der Waals surface area contributed by atoms with E-state index in [1.54, 1.807) is 23.0 Å². The highest BCUT2D eigenvalue weighted by Crippen LogP contribution is 2.22. The number of nitrogens with zero attached hydrogens (tertiary/aromatic N) is 3. The second kappa shape index (κ2) is 5.32. The Morgan fingerprint density at radius 2 is 2.41 bits per heavy atom. The van der Waals surface area contributed by atoms with Gasteiger partial charge in [0.25, 0.3) is 0 Å². The van der Waals surface area contributed by atoms with E-state index in [1.807, 2.05) is 0 Å². The third-order valence-corrected chi connectivity index (χ3v) is 3.21. The van der Waals surface area contributed by atoms with Crippen molar-refractivity contribution >= 4 is 23.2 Å². The molecule has 8 heteroatoms. The van der Waals surface area contributed by atoms with Crippen molar-refractivity contribution in [2.75, 3.05) is 17.8 Å². The molecule has 0 spiro atoms. The zero-order chi connectivity index (χ0) is 12.3. The molecule has 1 unspecified atom stereocenters. The number of aliphatic hydroxyl groups excluding tert-OH is 2. The number of nitrogen functional groups attached to an aromatic ring is 1. The van der Waals surface area contributed by atoms with E-state index in [-0.39, 0.29) is 6.61 Å². The van der Waals surface area contributed by atoms with E-state index in [0.29, 0.717) is 22.2 Å². The van der Waals surface area contributed by atoms with Crippen LogP contribution in [0.3, 0.4) is 0 Å². The quantitative estimate of drug-likeness (QED) is 0.323. The van der Waals surface area contributed by atoms with Crippen LogP contribution < -0.4 is 11.3 Å². The predicted octanol–water partition coefficient (Wildman–Crippen LogP) is -0.540. The number of rotatable bonds is 5. The number of hydrazine groups is 1. The van der Waals surface area contributed by atoms with E-state index in [1.165, 1.54) is 11.8 Å². The third kappa shape index (κ3) is 2.67. The van der Waals surface area contributed by atoms with Crippen LogP contribution in [0, 0.1) is 0 Å². The van der Waals surface area contributed by atoms with Gasteiger partial charge in [-0.2, -0.15) is 0 Å². The maximum absolute atomic E-state index is 9.30. The highest BCUT2D eigenvalue weighted by atomic mass is 32.2. The summed E-state index contributed by atoms with van der Waals surface area (Å²) < 4.78 is 1.79. The topological polar surface area (TPSA) is 109 Å². The van der Waals surface area contributed by atoms with E-state index >= 15 is 0 Å². The summed E-state index contributed by atoms with van der Waals surface area (Å²) in [5, 5.41) is 18.7. The van der Waals surface area contributed by atoms with Crippen molar-refractivity contribution in [2.24, 2.45) is 5.84 Å². The average Bonchev–Trinajstić information content (AvgIpc) is 2.83. The molecule has 0 aliphatic rings. The van der Waals surface area contributed by atoms with Crippen molar-refractivity contribution in [2.45, 2.75) is 11.1 Å². The fourth-order valence-electron chi connectivity index (χ4n) is 1.30. The van der Waals surface area contributed by atoms with E-state index < -0.39 is 6.10 Å². The number of imidazole rings is 1. The van der Waals surface area contributed by atoms with Gasteiger partial charge in [-0.15, -0.1) is 0 Å². The predicted molar refractivity (Wildman–Crippen MR) is 64.6 cm³/mol. The van der Waals surface area contributed by atoms with Crippen LogP contribution in [0.15, 0.2) is 23.6 Å². The fourth-order valence-corrected chi connectivity index (χ4v) is 2.20. The van der Waals surface area contributed by atoms with Crippen LogP contribution in [-0.2, 0) is 0 Å². The standard InChI is InChI=1S/C9H13N5O2S/c10-13-7-3-14-2-1-11-8(14)9(12-7)17-5-6(16)4-15/h1-3,6,13,15-16H,4-5,10H2. The van der Waals surface area contributed by atoms with Crippen molar-refractivity contribution in [3.05, 3.63) is 18.6 Å². The van der Waals surface area contributed by atoms with Crippen LogP contribution in [0.2, 0.25) is 0 Å². The van der Waals surface area contributed by atoms with Gasteiger partial charge in [-0.3, -0.25) is 0 Å². The van der Waals surface area contributed by atoms with E-state index in [0.717, 1.165) is 0 Å². The van der Waals surface area contributed by atoms with Gasteiger partial charge in [0, 0.05) is 18.1 Å². The molecule has 0 radical (unpaired) electrons. The summed E-state index contributed by atoms with van der Waals surface area (Å²) >= 11 is 1.32. The molecule has 7 nitrogen and oxygen atoms in total. The number of anilines is 1. The Morgan fingerprint density at radius 1 is 1.59 bits per heavy atom. The number of aromatic nitrogens is 3. The number of nitrogens with one attached hydrogen (secondary N) is 1. The second-order valence-corrected chi connectivity index (χ2v) is 4.39. The number of fused-ring (bicyclic) bond motifs is 1. The maximum atomic E-state index is 9.30. The average molecular weight is 255 g/mol. The second-order valence-electron chi connectivity index (χ2n) is 3.38. The monoisotopic (exact) mass is 255 g/mol. The van der Waals surface area contributed by atoms with Crippen molar-refractivity contribution in [1.82, 2.24) is 14.4 Å². The first kappa shape index (κ1) is 12.1. The highest BCUT2D eigenvalue weighted by molar-refractivity contribution is 7.99. The lowest BCUT2D eigenvalue weighted by molar-refractivity contribution is 0.113. The number of hydrogen-bond donors (Lipinski definition) is 4. The molecule has 2 aromatic rings. The number of aliphatic hydroxyl groups is 2. The molecule has 0 saturated heterocycles. The SMILES string of the molecule is NNc1cn2ccnc2c(SCC(O)CO)n1. The first-order chi connectivity index (χ1) is 8.24. The summed E-state index contributed by atoms with van der Waals surface area (Å²) in [5.74, 6) is 6.17. The van der Waals surface area contributed by atoms with Crippen molar-refractivity contribution < 1.29 is 10.2 Å². The van der Waals surface area contributed by atoms with Gasteiger partial charge in [-0.25, -0.2) is 15.8 Å². The molecule has 5 N–H and O–H groups in total. The van der Waals surface area contributed by atoms with E-state index in [9.17, 15) is 5.11 Å². The fraction of sp³-hybridized carbons (Fsp3) is 0.333. The van der Waals surface area contributed by atoms with Crippen LogP contribution in [-0.4, -0.2) is 43.0 Å². The Kier molecular flexibility index (Phi) is 3.79. The lowest BCUT2D eigenvalue weighted by Gasteiger charge is -2.08. The van der Waals surface area contributed by atoms with Crippen molar-refractivity contribution in [3.63, 3.8) is 0 Å². The van der Waals surface area contributed by atoms with Crippen LogP contribution in [0.1, 0.15) is 0 Å². The van der Waals surface area contributed by atoms with Gasteiger partial charge in [0.2, 0.25) is 0 Å². The molecule has 0 aliphatic carbocycles. The van der Waals surface area contributed by atoms with Gasteiger partial charge in [0.15, 0.2) is 11.5 Å². The molecule has 92 valence electrons. The largest absolute Gasteiger partial charge is 0.394 e. The molecule has 0 saturated carbocycles. The number of thioether (sulfide) groups is 1. The molecule has 0 bridgehead atoms. The molecule has 17 heavy (non-hydrogen) atoms. The molecular formula is C9H13N5O2S. The molecule has 2 aromatic heterocycles. The summed E-state index contributed by atoms with van der Waals surface area (Å²) in [5.41, 5.74) is 3.16. The van der Waals surface area contributed by atoms with Gasteiger partial charge in [0.1, 0.15) is 5.03 Å². The van der Waals surface area contributed by atoms with Crippen molar-refractivity contribution in [1.29, 1.82) is 0 Å². The molecule has 2 rings (SSSR count). The first-order valence-corrected chi connectivity index (χ1v) is 5.95. The minimum absolute atomic E-state index is 0.271. The molecule has 0 fully saturated rings. The van der Waals surface area contributed by atoms with Crippen LogP contribution in [0.25, 0.3) is 5.65 Å². The first-order valence-electron chi connectivity index (χ1n) is 4.96. The Hall–Kier alpha value is -1.35. The number of hydrogen-bond acceptors (Lipinski definition) is 7. The molecular weight excluding hydrogens is 242 g/mol. The summed E-state index contributed by atoms with van der Waals surface area (Å²) in [6.45, 7) is -0.271. The summed E-state index contributed by atoms with van der Waals surface area (Å²) in [7, 11) is 0. The normalized spacial score (nSPS) is 12.9. The molecule has 2 heterocycles. The molecule has 0 amide bonds. The zero-order valence-electron chi connectivity index (χ0n) is 8.95. The Labute approximate surface area is 102 Å². The zero-order valence-corrected chi connectivity index (χ0v) is 9.76. The van der Waals surface area contributed by atoms with E-state index in [2.05, 4.69) is 15.4 Å². The molecule has 0 aliphatic heterocycles. The van der Waals surface area contributed by atoms with Gasteiger partial charge < -0.3 is 20.0 Å². The maximum Gasteiger partial charge on any atom is 0.169 e. The summed E-state index contributed by atoms with van der Waals surface area (Å²) in [6, 6.07) is 0. The van der Waals surface area contributed by atoms with Gasteiger partial charge in [-0.1, -0.05) is 11.8 Å². The van der Waals surface area contributed by atoms with Gasteiger partial charge >= 0.3 is 0 Å². The van der Waals surface area contributed by atoms with Crippen LogP contribution in [0.4, 0.5) is 5.82 Å². The van der Waals surface area contributed by atoms with Crippen LogP contribution in [0.5, 0.6) is 0 Å². The number of nitrogens with two attached hydrogens (primary N) is 1. The Morgan fingerprint density at radius 3 is 3.12 bits per heavy atom. The minimum Gasteiger partial charge on any atom is -0.394 e. The lowest BCUT2D eigenvalue weighted by Crippen LogP contribution is -2.15. The van der Waals surface area contributed by atoms with Gasteiger partial charge in [-0.05, 0) is 0 Å². The smallest absolute Gasteiger partial charge is 0.169 e. The van der Waals surface area contributed by atoms with Crippen LogP contribution >= 0.6 is 11.8 Å². The molecule has 1 atom stereocenters. The van der Waals surface area contributed by atoms with E-state index in [4.69, 9.17) is 10.9 Å². The van der Waals surface area contributed by atoms with Gasteiger partial charge in [0.05, 0.1) is 18.9 Å². The summed E-state index contributed by atoms with van der Waals surface area (Å²) in [4.78, 5) is 8.41. The Bertz CT molecular complexity index is 503. The molecule has 0 aromatic carbocycles. The highest BCUT2D eigenvalue weighted by Gasteiger charge is 2.10. The Balaban J connectivity index is 2.27. The summed E-state index contributed by atoms with van der Waals surface area (Å²) in [6.07, 6.45) is 4.38.